The summed E-state index contributed by atoms with van der Waals surface area (Å²) in [7, 11) is 0. The number of carbonyl (C=O) groups excluding carboxylic acids is 1. The Labute approximate surface area is 127 Å². The Kier molecular flexibility index (Phi) is 5.56. The molecule has 0 heterocycles. The van der Waals surface area contributed by atoms with Crippen molar-refractivity contribution in [3.05, 3.63) is 71.3 Å². The molecule has 2 heteroatoms. The van der Waals surface area contributed by atoms with Gasteiger partial charge in [-0.1, -0.05) is 68.4 Å². The monoisotopic (exact) mass is 281 g/mol. The van der Waals surface area contributed by atoms with Crippen LogP contribution >= 0.6 is 0 Å². The summed E-state index contributed by atoms with van der Waals surface area (Å²) in [6.07, 6.45) is 1.48. The van der Waals surface area contributed by atoms with Crippen LogP contribution in [0.2, 0.25) is 0 Å². The van der Waals surface area contributed by atoms with Crippen molar-refractivity contribution >= 4 is 5.91 Å². The van der Waals surface area contributed by atoms with Gasteiger partial charge in [-0.2, -0.15) is 0 Å². The lowest BCUT2D eigenvalue weighted by Gasteiger charge is -2.13. The van der Waals surface area contributed by atoms with E-state index in [-0.39, 0.29) is 5.91 Å². The Morgan fingerprint density at radius 2 is 1.62 bits per heavy atom. The van der Waals surface area contributed by atoms with Crippen molar-refractivity contribution in [1.29, 1.82) is 0 Å². The predicted molar refractivity (Wildman–Crippen MR) is 87.4 cm³/mol. The molecule has 0 aliphatic carbocycles. The minimum atomic E-state index is 0.0852. The third-order valence-corrected chi connectivity index (χ3v) is 3.77. The minimum Gasteiger partial charge on any atom is -0.355 e. The largest absolute Gasteiger partial charge is 0.355 e. The number of rotatable bonds is 6. The van der Waals surface area contributed by atoms with Crippen LogP contribution in [0.3, 0.4) is 0 Å². The number of benzene rings is 2. The quantitative estimate of drug-likeness (QED) is 0.859. The number of amides is 1. The van der Waals surface area contributed by atoms with Gasteiger partial charge in [0.25, 0.3) is 0 Å². The molecule has 0 aliphatic rings. The Morgan fingerprint density at radius 3 is 2.24 bits per heavy atom. The standard InChI is InChI=1S/C19H23NO/c1-3-16-9-11-17(12-10-16)13-19(21)20-14-15(2)18-7-5-4-6-8-18/h4-12,15H,3,13-14H2,1-2H3,(H,20,21)/t15-/m0/s1. The maximum absolute atomic E-state index is 12.0. The summed E-state index contributed by atoms with van der Waals surface area (Å²) in [5.74, 6) is 0.416. The zero-order valence-electron chi connectivity index (χ0n) is 12.8. The van der Waals surface area contributed by atoms with E-state index in [1.54, 1.807) is 0 Å². The van der Waals surface area contributed by atoms with Gasteiger partial charge in [-0.05, 0) is 29.0 Å². The van der Waals surface area contributed by atoms with Crippen molar-refractivity contribution in [3.63, 3.8) is 0 Å². The molecule has 110 valence electrons. The van der Waals surface area contributed by atoms with Crippen LogP contribution in [0.4, 0.5) is 0 Å². The summed E-state index contributed by atoms with van der Waals surface area (Å²) >= 11 is 0. The molecule has 1 N–H and O–H groups in total. The van der Waals surface area contributed by atoms with Crippen LogP contribution < -0.4 is 5.32 Å². The molecule has 0 saturated heterocycles. The molecule has 0 fully saturated rings. The summed E-state index contributed by atoms with van der Waals surface area (Å²) in [6.45, 7) is 4.94. The molecule has 2 nitrogen and oxygen atoms in total. The molecular formula is C19H23NO. The number of nitrogens with one attached hydrogen (secondary N) is 1. The molecule has 0 bridgehead atoms. The number of hydrogen-bond acceptors (Lipinski definition) is 1. The van der Waals surface area contributed by atoms with E-state index in [0.29, 0.717) is 18.9 Å². The first-order valence-electron chi connectivity index (χ1n) is 7.58. The van der Waals surface area contributed by atoms with Gasteiger partial charge in [-0.3, -0.25) is 4.79 Å². The molecule has 1 atom stereocenters. The van der Waals surface area contributed by atoms with E-state index in [1.165, 1.54) is 11.1 Å². The van der Waals surface area contributed by atoms with E-state index in [0.717, 1.165) is 12.0 Å². The van der Waals surface area contributed by atoms with E-state index in [2.05, 4.69) is 43.4 Å². The summed E-state index contributed by atoms with van der Waals surface area (Å²) in [4.78, 5) is 12.0. The fourth-order valence-electron chi connectivity index (χ4n) is 2.31. The fourth-order valence-corrected chi connectivity index (χ4v) is 2.31. The molecule has 2 aromatic rings. The topological polar surface area (TPSA) is 29.1 Å². The van der Waals surface area contributed by atoms with E-state index in [4.69, 9.17) is 0 Å². The van der Waals surface area contributed by atoms with Crippen molar-refractivity contribution in [2.45, 2.75) is 32.6 Å². The average Bonchev–Trinajstić information content (AvgIpc) is 2.54. The van der Waals surface area contributed by atoms with Crippen LogP contribution in [-0.2, 0) is 17.6 Å². The van der Waals surface area contributed by atoms with Gasteiger partial charge in [0.05, 0.1) is 6.42 Å². The lowest BCUT2D eigenvalue weighted by Crippen LogP contribution is -2.28. The zero-order chi connectivity index (χ0) is 15.1. The van der Waals surface area contributed by atoms with Crippen LogP contribution in [0.15, 0.2) is 54.6 Å². The highest BCUT2D eigenvalue weighted by Gasteiger charge is 2.08. The van der Waals surface area contributed by atoms with Crippen LogP contribution in [0.1, 0.15) is 36.5 Å². The second-order valence-corrected chi connectivity index (χ2v) is 5.46. The van der Waals surface area contributed by atoms with Crippen molar-refractivity contribution < 1.29 is 4.79 Å². The smallest absolute Gasteiger partial charge is 0.224 e. The maximum Gasteiger partial charge on any atom is 0.224 e. The van der Waals surface area contributed by atoms with Crippen molar-refractivity contribution in [1.82, 2.24) is 5.32 Å². The van der Waals surface area contributed by atoms with Gasteiger partial charge in [-0.25, -0.2) is 0 Å². The Morgan fingerprint density at radius 1 is 1.00 bits per heavy atom. The number of carbonyl (C=O) groups is 1. The lowest BCUT2D eigenvalue weighted by molar-refractivity contribution is -0.120. The van der Waals surface area contributed by atoms with Gasteiger partial charge in [0.2, 0.25) is 5.91 Å². The normalized spacial score (nSPS) is 11.9. The zero-order valence-corrected chi connectivity index (χ0v) is 12.8. The molecular weight excluding hydrogens is 258 g/mol. The third-order valence-electron chi connectivity index (χ3n) is 3.77. The first kappa shape index (κ1) is 15.3. The molecule has 0 saturated carbocycles. The van der Waals surface area contributed by atoms with Crippen LogP contribution in [0, 0.1) is 0 Å². The summed E-state index contributed by atoms with van der Waals surface area (Å²) in [5.41, 5.74) is 3.62. The van der Waals surface area contributed by atoms with Gasteiger partial charge in [0.1, 0.15) is 0 Å². The first-order chi connectivity index (χ1) is 10.2. The predicted octanol–water partition coefficient (Wildman–Crippen LogP) is 3.71. The van der Waals surface area contributed by atoms with E-state index < -0.39 is 0 Å². The van der Waals surface area contributed by atoms with Crippen LogP contribution in [-0.4, -0.2) is 12.5 Å². The number of aryl methyl sites for hydroxylation is 1. The highest BCUT2D eigenvalue weighted by molar-refractivity contribution is 5.78. The van der Waals surface area contributed by atoms with Crippen molar-refractivity contribution in [2.75, 3.05) is 6.54 Å². The van der Waals surface area contributed by atoms with E-state index in [9.17, 15) is 4.79 Å². The first-order valence-corrected chi connectivity index (χ1v) is 7.58. The Balaban J connectivity index is 1.81. The molecule has 1 amide bonds. The minimum absolute atomic E-state index is 0.0852. The summed E-state index contributed by atoms with van der Waals surface area (Å²) in [6, 6.07) is 18.5. The second kappa shape index (κ2) is 7.63. The second-order valence-electron chi connectivity index (χ2n) is 5.46. The highest BCUT2D eigenvalue weighted by Crippen LogP contribution is 2.13. The molecule has 0 spiro atoms. The van der Waals surface area contributed by atoms with Crippen molar-refractivity contribution in [3.8, 4) is 0 Å². The molecule has 0 aliphatic heterocycles. The summed E-state index contributed by atoms with van der Waals surface area (Å²) in [5, 5.41) is 3.02. The molecule has 0 radical (unpaired) electrons. The van der Waals surface area contributed by atoms with Crippen LogP contribution in [0.5, 0.6) is 0 Å². The van der Waals surface area contributed by atoms with Gasteiger partial charge >= 0.3 is 0 Å². The number of hydrogen-bond donors (Lipinski definition) is 1. The van der Waals surface area contributed by atoms with Gasteiger partial charge in [0, 0.05) is 6.54 Å². The summed E-state index contributed by atoms with van der Waals surface area (Å²) < 4.78 is 0. The van der Waals surface area contributed by atoms with Crippen LogP contribution in [0.25, 0.3) is 0 Å². The molecule has 2 rings (SSSR count). The lowest BCUT2D eigenvalue weighted by atomic mass is 10.0. The highest BCUT2D eigenvalue weighted by atomic mass is 16.1. The molecule has 2 aromatic carbocycles. The SMILES string of the molecule is CCc1ccc(CC(=O)NC[C@H](C)c2ccccc2)cc1. The maximum atomic E-state index is 12.0. The molecule has 0 unspecified atom stereocenters. The Hall–Kier alpha value is -2.09. The van der Waals surface area contributed by atoms with Gasteiger partial charge < -0.3 is 5.32 Å². The van der Waals surface area contributed by atoms with Gasteiger partial charge in [-0.15, -0.1) is 0 Å². The van der Waals surface area contributed by atoms with E-state index >= 15 is 0 Å². The average molecular weight is 281 g/mol. The van der Waals surface area contributed by atoms with E-state index in [1.807, 2.05) is 30.3 Å². The fraction of sp³-hybridized carbons (Fsp3) is 0.316. The van der Waals surface area contributed by atoms with Crippen molar-refractivity contribution in [2.24, 2.45) is 0 Å². The third kappa shape index (κ3) is 4.75. The molecule has 21 heavy (non-hydrogen) atoms. The van der Waals surface area contributed by atoms with Gasteiger partial charge in [0.15, 0.2) is 0 Å². The molecule has 0 aromatic heterocycles. The Bertz CT molecular complexity index is 560.